The summed E-state index contributed by atoms with van der Waals surface area (Å²) >= 11 is 0. The smallest absolute Gasteiger partial charge is 0.354 e. The van der Waals surface area contributed by atoms with E-state index in [0.717, 1.165) is 0 Å². The Morgan fingerprint density at radius 3 is 2.90 bits per heavy atom. The lowest BCUT2D eigenvalue weighted by molar-refractivity contribution is 0.0687. The van der Waals surface area contributed by atoms with Crippen LogP contribution in [-0.4, -0.2) is 34.4 Å². The van der Waals surface area contributed by atoms with E-state index in [1.165, 1.54) is 25.6 Å². The van der Waals surface area contributed by atoms with E-state index in [2.05, 4.69) is 9.97 Å². The van der Waals surface area contributed by atoms with Crippen molar-refractivity contribution in [2.24, 2.45) is 0 Å². The van der Waals surface area contributed by atoms with E-state index in [-0.39, 0.29) is 29.5 Å². The molecule has 0 aliphatic carbocycles. The number of carbonyl (C=O) groups excluding carboxylic acids is 1. The largest absolute Gasteiger partial charge is 0.486 e. The van der Waals surface area contributed by atoms with Crippen LogP contribution in [0.25, 0.3) is 0 Å². The topological polar surface area (TPSA) is 98.6 Å². The van der Waals surface area contributed by atoms with Crippen molar-refractivity contribution < 1.29 is 24.2 Å². The van der Waals surface area contributed by atoms with Gasteiger partial charge in [0, 0.05) is 17.8 Å². The van der Waals surface area contributed by atoms with E-state index in [1.54, 1.807) is 12.1 Å². The molecule has 0 unspecified atom stereocenters. The first kappa shape index (κ1) is 14.4. The maximum Gasteiger partial charge on any atom is 0.354 e. The second-order valence-electron chi connectivity index (χ2n) is 3.99. The first-order valence-corrected chi connectivity index (χ1v) is 5.95. The highest BCUT2D eigenvalue weighted by Crippen LogP contribution is 2.21. The fourth-order valence-corrected chi connectivity index (χ4v) is 1.67. The minimum atomic E-state index is -1.14. The number of hydrogen-bond acceptors (Lipinski definition) is 6. The SMILES string of the molecule is COc1cc(C=O)c(OCc2cccnc2C(=O)O)cn1. The zero-order valence-electron chi connectivity index (χ0n) is 11.1. The highest BCUT2D eigenvalue weighted by molar-refractivity contribution is 5.87. The molecule has 0 amide bonds. The van der Waals surface area contributed by atoms with Crippen LogP contribution >= 0.6 is 0 Å². The summed E-state index contributed by atoms with van der Waals surface area (Å²) in [4.78, 5) is 29.8. The molecule has 0 saturated carbocycles. The van der Waals surface area contributed by atoms with E-state index < -0.39 is 5.97 Å². The number of hydrogen-bond donors (Lipinski definition) is 1. The molecule has 2 aromatic rings. The predicted octanol–water partition coefficient (Wildman–Crippen LogP) is 1.57. The Labute approximate surface area is 120 Å². The Kier molecular flexibility index (Phi) is 4.45. The minimum absolute atomic E-state index is 0.0374. The molecular formula is C14H12N2O5. The van der Waals surface area contributed by atoms with E-state index in [9.17, 15) is 9.59 Å². The molecule has 2 rings (SSSR count). The summed E-state index contributed by atoms with van der Waals surface area (Å²) in [7, 11) is 1.44. The number of aromatic carboxylic acids is 1. The number of carboxylic acids is 1. The third-order valence-electron chi connectivity index (χ3n) is 2.69. The summed E-state index contributed by atoms with van der Waals surface area (Å²) in [5.41, 5.74) is 0.576. The standard InChI is InChI=1S/C14H12N2O5/c1-20-12-5-10(7-17)11(6-16-12)21-8-9-3-2-4-15-13(9)14(18)19/h2-7H,8H2,1H3,(H,18,19). The molecule has 0 saturated heterocycles. The summed E-state index contributed by atoms with van der Waals surface area (Å²) < 4.78 is 10.4. The molecule has 0 bridgehead atoms. The number of carboxylic acid groups (broad SMARTS) is 1. The second-order valence-corrected chi connectivity index (χ2v) is 3.99. The van der Waals surface area contributed by atoms with Crippen molar-refractivity contribution in [1.29, 1.82) is 0 Å². The normalized spacial score (nSPS) is 9.95. The van der Waals surface area contributed by atoms with Crippen LogP contribution in [-0.2, 0) is 6.61 Å². The molecule has 7 nitrogen and oxygen atoms in total. The van der Waals surface area contributed by atoms with Gasteiger partial charge in [0.25, 0.3) is 0 Å². The van der Waals surface area contributed by atoms with Crippen LogP contribution in [0.3, 0.4) is 0 Å². The van der Waals surface area contributed by atoms with Gasteiger partial charge in [-0.15, -0.1) is 0 Å². The molecule has 108 valence electrons. The average Bonchev–Trinajstić information content (AvgIpc) is 2.52. The number of rotatable bonds is 6. The molecule has 7 heteroatoms. The van der Waals surface area contributed by atoms with Gasteiger partial charge >= 0.3 is 5.97 Å². The average molecular weight is 288 g/mol. The number of nitrogens with zero attached hydrogens (tertiary/aromatic N) is 2. The number of aromatic nitrogens is 2. The highest BCUT2D eigenvalue weighted by atomic mass is 16.5. The highest BCUT2D eigenvalue weighted by Gasteiger charge is 2.13. The van der Waals surface area contributed by atoms with Crippen LogP contribution in [0.5, 0.6) is 11.6 Å². The summed E-state index contributed by atoms with van der Waals surface area (Å²) in [5.74, 6) is -0.610. The summed E-state index contributed by atoms with van der Waals surface area (Å²) in [6.45, 7) is -0.0374. The van der Waals surface area contributed by atoms with E-state index in [4.69, 9.17) is 14.6 Å². The van der Waals surface area contributed by atoms with Crippen molar-refractivity contribution in [3.8, 4) is 11.6 Å². The fourth-order valence-electron chi connectivity index (χ4n) is 1.67. The van der Waals surface area contributed by atoms with Crippen molar-refractivity contribution in [3.63, 3.8) is 0 Å². The monoisotopic (exact) mass is 288 g/mol. The van der Waals surface area contributed by atoms with Crippen LogP contribution in [0.2, 0.25) is 0 Å². The Balaban J connectivity index is 2.21. The Morgan fingerprint density at radius 2 is 2.24 bits per heavy atom. The van der Waals surface area contributed by atoms with Crippen molar-refractivity contribution in [2.75, 3.05) is 7.11 Å². The summed E-state index contributed by atoms with van der Waals surface area (Å²) in [6.07, 6.45) is 3.35. The van der Waals surface area contributed by atoms with Gasteiger partial charge in [0.15, 0.2) is 12.0 Å². The van der Waals surface area contributed by atoms with Gasteiger partial charge in [0.2, 0.25) is 5.88 Å². The van der Waals surface area contributed by atoms with Crippen molar-refractivity contribution in [3.05, 3.63) is 47.4 Å². The van der Waals surface area contributed by atoms with Gasteiger partial charge in [-0.05, 0) is 6.07 Å². The van der Waals surface area contributed by atoms with Gasteiger partial charge in [-0.2, -0.15) is 0 Å². The number of methoxy groups -OCH3 is 1. The maximum absolute atomic E-state index is 11.0. The molecule has 0 atom stereocenters. The molecule has 0 fully saturated rings. The Hall–Kier alpha value is -2.96. The quantitative estimate of drug-likeness (QED) is 0.805. The van der Waals surface area contributed by atoms with Crippen LogP contribution in [0, 0.1) is 0 Å². The zero-order chi connectivity index (χ0) is 15.2. The van der Waals surface area contributed by atoms with Crippen molar-refractivity contribution >= 4 is 12.3 Å². The summed E-state index contributed by atoms with van der Waals surface area (Å²) in [5, 5.41) is 9.03. The Bertz CT molecular complexity index is 672. The molecule has 21 heavy (non-hydrogen) atoms. The van der Waals surface area contributed by atoms with Gasteiger partial charge in [-0.3, -0.25) is 4.79 Å². The molecule has 0 spiro atoms. The minimum Gasteiger partial charge on any atom is -0.486 e. The van der Waals surface area contributed by atoms with Crippen LogP contribution in [0.1, 0.15) is 26.4 Å². The van der Waals surface area contributed by atoms with Gasteiger partial charge in [-0.25, -0.2) is 14.8 Å². The summed E-state index contributed by atoms with van der Waals surface area (Å²) in [6, 6.07) is 4.63. The van der Waals surface area contributed by atoms with Crippen LogP contribution in [0.15, 0.2) is 30.6 Å². The molecule has 0 radical (unpaired) electrons. The second kappa shape index (κ2) is 6.47. The van der Waals surface area contributed by atoms with E-state index in [1.807, 2.05) is 0 Å². The van der Waals surface area contributed by atoms with E-state index in [0.29, 0.717) is 11.8 Å². The van der Waals surface area contributed by atoms with Crippen LogP contribution in [0.4, 0.5) is 0 Å². The maximum atomic E-state index is 11.0. The molecule has 0 aliphatic rings. The lowest BCUT2D eigenvalue weighted by atomic mass is 10.2. The van der Waals surface area contributed by atoms with Gasteiger partial charge < -0.3 is 14.6 Å². The van der Waals surface area contributed by atoms with E-state index >= 15 is 0 Å². The number of ether oxygens (including phenoxy) is 2. The predicted molar refractivity (Wildman–Crippen MR) is 71.7 cm³/mol. The van der Waals surface area contributed by atoms with Gasteiger partial charge in [0.05, 0.1) is 18.9 Å². The number of aldehydes is 1. The molecule has 0 aliphatic heterocycles. The lowest BCUT2D eigenvalue weighted by Crippen LogP contribution is -2.08. The third-order valence-corrected chi connectivity index (χ3v) is 2.69. The molecule has 2 aromatic heterocycles. The molecule has 1 N–H and O–H groups in total. The van der Waals surface area contributed by atoms with Crippen molar-refractivity contribution in [2.45, 2.75) is 6.61 Å². The number of pyridine rings is 2. The van der Waals surface area contributed by atoms with Gasteiger partial charge in [-0.1, -0.05) is 6.07 Å². The first-order valence-electron chi connectivity index (χ1n) is 5.95. The Morgan fingerprint density at radius 1 is 1.43 bits per heavy atom. The van der Waals surface area contributed by atoms with Crippen LogP contribution < -0.4 is 9.47 Å². The number of carbonyl (C=O) groups is 2. The zero-order valence-corrected chi connectivity index (χ0v) is 11.1. The van der Waals surface area contributed by atoms with Gasteiger partial charge in [0.1, 0.15) is 12.4 Å². The molecule has 2 heterocycles. The lowest BCUT2D eigenvalue weighted by Gasteiger charge is -2.10. The van der Waals surface area contributed by atoms with Crippen molar-refractivity contribution in [1.82, 2.24) is 9.97 Å². The molecular weight excluding hydrogens is 276 g/mol. The molecule has 0 aromatic carbocycles. The first-order chi connectivity index (χ1) is 10.2. The fraction of sp³-hybridized carbons (Fsp3) is 0.143. The third kappa shape index (κ3) is 3.33.